The van der Waals surface area contributed by atoms with Gasteiger partial charge in [-0.1, -0.05) is 20.3 Å². The van der Waals surface area contributed by atoms with Gasteiger partial charge in [-0.2, -0.15) is 0 Å². The highest BCUT2D eigenvalue weighted by atomic mass is 16.2. The van der Waals surface area contributed by atoms with E-state index in [9.17, 15) is 38.4 Å². The summed E-state index contributed by atoms with van der Waals surface area (Å²) in [5.74, 6) is 0.608. The highest BCUT2D eigenvalue weighted by molar-refractivity contribution is 6.31. The van der Waals surface area contributed by atoms with E-state index >= 15 is 0 Å². The van der Waals surface area contributed by atoms with E-state index < -0.39 is 6.04 Å². The van der Waals surface area contributed by atoms with Gasteiger partial charge in [-0.25, -0.2) is 0 Å². The standard InChI is InChI=1S/C50H42N4O8/c1-5-23-6-8-25(11-23)53-47(59)39-19-33-29-15-37-38(16-30(29)34(33)20-40(39)48(53)60)46(58)52(45(37)57)22(3)21(2)10-24-7-9-26(12-24)54-49(61)41-17-31-27-13-35-36(44(56)51(4)43(35)55)14-28(27)32(31)18-42(41)50(54)62/h13-26H,5-12H2,1-4H3. The number of nitrogens with zero attached hydrogens (tertiary/aromatic N) is 4. The van der Waals surface area contributed by atoms with E-state index in [1.807, 2.05) is 13.8 Å². The van der Waals surface area contributed by atoms with Crippen LogP contribution in [0.15, 0.2) is 86.9 Å². The largest absolute Gasteiger partial charge is 0.277 e. The van der Waals surface area contributed by atoms with Crippen molar-refractivity contribution in [2.75, 3.05) is 0 Å². The Balaban J connectivity index is 0.817. The monoisotopic (exact) mass is 826 g/mol. The van der Waals surface area contributed by atoms with Gasteiger partial charge >= 0.3 is 0 Å². The molecule has 6 aromatic carbocycles. The van der Waals surface area contributed by atoms with Gasteiger partial charge in [0.2, 0.25) is 0 Å². The molecule has 310 valence electrons. The summed E-state index contributed by atoms with van der Waals surface area (Å²) in [6, 6.07) is 13.2. The summed E-state index contributed by atoms with van der Waals surface area (Å²) in [4.78, 5) is 108. The molecule has 0 aliphatic heterocycles. The van der Waals surface area contributed by atoms with Gasteiger partial charge in [-0.05, 0) is 161 Å². The Morgan fingerprint density at radius 3 is 1.08 bits per heavy atom. The van der Waals surface area contributed by atoms with Crippen molar-refractivity contribution in [1.29, 1.82) is 0 Å². The normalized spacial score (nSPS) is 21.0. The maximum atomic E-state index is 14.0. The molecule has 6 atom stereocenters. The zero-order chi connectivity index (χ0) is 42.9. The summed E-state index contributed by atoms with van der Waals surface area (Å²) >= 11 is 0. The molecule has 2 aliphatic carbocycles. The molecule has 12 rings (SSSR count). The van der Waals surface area contributed by atoms with Crippen LogP contribution in [0.25, 0.3) is 86.2 Å². The fraction of sp³-hybridized carbons (Fsp3) is 0.360. The number of hydrogen-bond donors (Lipinski definition) is 0. The lowest BCUT2D eigenvalue weighted by Crippen LogP contribution is -2.32. The maximum Gasteiger partial charge on any atom is 0.261 e. The van der Waals surface area contributed by atoms with Crippen LogP contribution in [0, 0.1) is 17.8 Å². The van der Waals surface area contributed by atoms with Crippen molar-refractivity contribution in [1.82, 2.24) is 18.3 Å². The molecule has 12 heteroatoms. The Kier molecular flexibility index (Phi) is 7.52. The minimum atomic E-state index is -0.420. The van der Waals surface area contributed by atoms with Crippen molar-refractivity contribution in [3.8, 4) is 0 Å². The number of aromatic nitrogens is 4. The molecule has 4 heterocycles. The minimum Gasteiger partial charge on any atom is -0.277 e. The molecule has 0 saturated heterocycles. The van der Waals surface area contributed by atoms with Gasteiger partial charge < -0.3 is 0 Å². The van der Waals surface area contributed by atoms with Gasteiger partial charge in [0.1, 0.15) is 0 Å². The molecule has 10 aromatic rings. The Morgan fingerprint density at radius 1 is 0.435 bits per heavy atom. The van der Waals surface area contributed by atoms with E-state index in [0.717, 1.165) is 79.8 Å². The third kappa shape index (κ3) is 4.67. The second-order valence-electron chi connectivity index (χ2n) is 18.9. The van der Waals surface area contributed by atoms with Crippen LogP contribution in [0.3, 0.4) is 0 Å². The second kappa shape index (κ2) is 12.5. The molecule has 0 spiro atoms. The first-order chi connectivity index (χ1) is 29.7. The second-order valence-corrected chi connectivity index (χ2v) is 18.9. The lowest BCUT2D eigenvalue weighted by atomic mass is 9.89. The third-order valence-corrected chi connectivity index (χ3v) is 15.8. The quantitative estimate of drug-likeness (QED) is 0.175. The molecule has 12 nitrogen and oxygen atoms in total. The fourth-order valence-corrected chi connectivity index (χ4v) is 12.1. The SMILES string of the molecule is CCC1CCC(n2c(=O)c3cc4c(cc3c2=O)c2cc3c(=O)n(C(C)C(C)CC5CCC(n6c(=O)c7cc8c9cc%10c(=O)n(C)c(=O)c%10cc9c8cc7c6=O)C5)c(=O)c3cc42)C1. The highest BCUT2D eigenvalue weighted by Crippen LogP contribution is 2.43. The van der Waals surface area contributed by atoms with E-state index in [1.54, 1.807) is 48.5 Å². The Labute approximate surface area is 349 Å². The summed E-state index contributed by atoms with van der Waals surface area (Å²) in [6.07, 6.45) is 6.45. The summed E-state index contributed by atoms with van der Waals surface area (Å²) in [5, 5.41) is 9.18. The van der Waals surface area contributed by atoms with Crippen molar-refractivity contribution in [2.45, 2.75) is 90.3 Å². The molecule has 0 amide bonds. The van der Waals surface area contributed by atoms with Crippen LogP contribution >= 0.6 is 0 Å². The minimum absolute atomic E-state index is 0.0715. The molecule has 4 aromatic heterocycles. The molecular formula is C50H42N4O8. The van der Waals surface area contributed by atoms with Crippen molar-refractivity contribution < 1.29 is 0 Å². The van der Waals surface area contributed by atoms with Crippen LogP contribution in [0.1, 0.15) is 90.3 Å². The van der Waals surface area contributed by atoms with Gasteiger partial charge in [-0.15, -0.1) is 0 Å². The summed E-state index contributed by atoms with van der Waals surface area (Å²) in [7, 11) is 1.45. The zero-order valence-corrected chi connectivity index (χ0v) is 34.8. The summed E-state index contributed by atoms with van der Waals surface area (Å²) < 4.78 is 5.31. The first kappa shape index (κ1) is 37.2. The fourth-order valence-electron chi connectivity index (χ4n) is 12.1. The predicted octanol–water partition coefficient (Wildman–Crippen LogP) is 6.54. The molecule has 2 fully saturated rings. The molecular weight excluding hydrogens is 785 g/mol. The van der Waals surface area contributed by atoms with Crippen molar-refractivity contribution in [3.05, 3.63) is 131 Å². The molecule has 0 N–H and O–H groups in total. The molecule has 0 radical (unpaired) electrons. The van der Waals surface area contributed by atoms with Crippen LogP contribution in [-0.2, 0) is 7.05 Å². The molecule has 62 heavy (non-hydrogen) atoms. The zero-order valence-electron chi connectivity index (χ0n) is 34.8. The number of benzene rings is 4. The number of rotatable bonds is 7. The predicted molar refractivity (Wildman–Crippen MR) is 245 cm³/mol. The van der Waals surface area contributed by atoms with Gasteiger partial charge in [0, 0.05) is 25.2 Å². The third-order valence-electron chi connectivity index (χ3n) is 15.8. The average Bonchev–Trinajstić information content (AvgIpc) is 4.10. The van der Waals surface area contributed by atoms with Gasteiger partial charge in [0.15, 0.2) is 0 Å². The lowest BCUT2D eigenvalue weighted by molar-refractivity contribution is 0.292. The lowest BCUT2D eigenvalue weighted by Gasteiger charge is -2.23. The van der Waals surface area contributed by atoms with E-state index in [4.69, 9.17) is 0 Å². The first-order valence-electron chi connectivity index (χ1n) is 21.9. The van der Waals surface area contributed by atoms with E-state index in [0.29, 0.717) is 68.3 Å². The summed E-state index contributed by atoms with van der Waals surface area (Å²) in [5.41, 5.74) is -2.59. The van der Waals surface area contributed by atoms with Crippen LogP contribution in [0.4, 0.5) is 0 Å². The topological polar surface area (TPSA) is 156 Å². The van der Waals surface area contributed by atoms with Gasteiger partial charge in [0.05, 0.1) is 43.1 Å². The Bertz CT molecular complexity index is 3830. The smallest absolute Gasteiger partial charge is 0.261 e. The van der Waals surface area contributed by atoms with Gasteiger partial charge in [0.25, 0.3) is 44.5 Å². The molecule has 6 unspecified atom stereocenters. The molecule has 0 bridgehead atoms. The van der Waals surface area contributed by atoms with Crippen molar-refractivity contribution in [2.24, 2.45) is 24.8 Å². The summed E-state index contributed by atoms with van der Waals surface area (Å²) in [6.45, 7) is 6.07. The maximum absolute atomic E-state index is 14.0. The van der Waals surface area contributed by atoms with Crippen LogP contribution in [0.5, 0.6) is 0 Å². The van der Waals surface area contributed by atoms with Crippen molar-refractivity contribution in [3.63, 3.8) is 0 Å². The Hall–Kier alpha value is -6.56. The Morgan fingerprint density at radius 2 is 0.742 bits per heavy atom. The van der Waals surface area contributed by atoms with Crippen LogP contribution < -0.4 is 44.5 Å². The number of fused-ring (bicyclic) bond motifs is 12. The molecule has 2 aliphatic rings. The molecule has 2 saturated carbocycles. The van der Waals surface area contributed by atoms with Gasteiger partial charge in [-0.3, -0.25) is 56.6 Å². The van der Waals surface area contributed by atoms with E-state index in [-0.39, 0.29) is 68.4 Å². The van der Waals surface area contributed by atoms with E-state index in [2.05, 4.69) is 6.92 Å². The van der Waals surface area contributed by atoms with E-state index in [1.165, 1.54) is 20.7 Å². The van der Waals surface area contributed by atoms with Crippen molar-refractivity contribution >= 4 is 86.2 Å². The number of hydrogen-bond acceptors (Lipinski definition) is 8. The average molecular weight is 827 g/mol. The highest BCUT2D eigenvalue weighted by Gasteiger charge is 2.34. The van der Waals surface area contributed by atoms with Crippen LogP contribution in [0.2, 0.25) is 0 Å². The van der Waals surface area contributed by atoms with Crippen LogP contribution in [-0.4, -0.2) is 18.3 Å². The first-order valence-corrected chi connectivity index (χ1v) is 21.9.